The molecule has 0 aliphatic rings. The van der Waals surface area contributed by atoms with Gasteiger partial charge >= 0.3 is 0 Å². The molecule has 108 valence electrons. The highest BCUT2D eigenvalue weighted by Gasteiger charge is 2.25. The molecule has 1 atom stereocenters. The minimum atomic E-state index is -0.274. The van der Waals surface area contributed by atoms with Crippen molar-refractivity contribution in [1.82, 2.24) is 20.2 Å². The van der Waals surface area contributed by atoms with E-state index in [1.807, 2.05) is 10.7 Å². The van der Waals surface area contributed by atoms with Crippen LogP contribution in [0, 0.1) is 0 Å². The molecule has 0 aromatic carbocycles. The first kappa shape index (κ1) is 15.0. The third-order valence-corrected chi connectivity index (χ3v) is 3.59. The molecule has 5 nitrogen and oxygen atoms in total. The lowest BCUT2D eigenvalue weighted by Gasteiger charge is -2.21. The number of nitrogens with zero attached hydrogens (tertiary/aromatic N) is 3. The SMILES string of the molecule is CCc1cccnc1C(NN)c1c(Cl)cnn1C(C)C. The molecule has 0 fully saturated rings. The number of aryl methyl sites for hydroxylation is 1. The molecule has 2 aromatic rings. The van der Waals surface area contributed by atoms with Crippen LogP contribution in [-0.4, -0.2) is 14.8 Å². The Labute approximate surface area is 124 Å². The molecule has 0 amide bonds. The zero-order valence-corrected chi connectivity index (χ0v) is 12.7. The highest BCUT2D eigenvalue weighted by atomic mass is 35.5. The standard InChI is InChI=1S/C14H20ClN5/c1-4-10-6-5-7-17-12(10)13(19-16)14-11(15)8-18-20(14)9(2)3/h5-9,13,19H,4,16H2,1-3H3. The Morgan fingerprint density at radius 2 is 2.20 bits per heavy atom. The maximum absolute atomic E-state index is 6.30. The summed E-state index contributed by atoms with van der Waals surface area (Å²) in [5.41, 5.74) is 5.70. The Morgan fingerprint density at radius 1 is 1.45 bits per heavy atom. The van der Waals surface area contributed by atoms with Crippen LogP contribution >= 0.6 is 11.6 Å². The van der Waals surface area contributed by atoms with E-state index in [9.17, 15) is 0 Å². The number of aromatic nitrogens is 3. The fourth-order valence-electron chi connectivity index (χ4n) is 2.33. The van der Waals surface area contributed by atoms with Gasteiger partial charge in [0.05, 0.1) is 22.6 Å². The third-order valence-electron chi connectivity index (χ3n) is 3.30. The van der Waals surface area contributed by atoms with Gasteiger partial charge in [-0.1, -0.05) is 24.6 Å². The van der Waals surface area contributed by atoms with Crippen LogP contribution < -0.4 is 11.3 Å². The number of halogens is 1. The molecule has 0 aliphatic heterocycles. The molecule has 6 heteroatoms. The number of nitrogens with two attached hydrogens (primary N) is 1. The average Bonchev–Trinajstić information content (AvgIpc) is 2.83. The lowest BCUT2D eigenvalue weighted by molar-refractivity contribution is 0.471. The lowest BCUT2D eigenvalue weighted by atomic mass is 10.0. The summed E-state index contributed by atoms with van der Waals surface area (Å²) in [5.74, 6) is 5.77. The maximum atomic E-state index is 6.30. The Balaban J connectivity index is 2.55. The zero-order chi connectivity index (χ0) is 14.7. The first-order chi connectivity index (χ1) is 9.60. The Hall–Kier alpha value is -1.43. The highest BCUT2D eigenvalue weighted by molar-refractivity contribution is 6.31. The van der Waals surface area contributed by atoms with Crippen LogP contribution in [0.5, 0.6) is 0 Å². The summed E-state index contributed by atoms with van der Waals surface area (Å²) in [4.78, 5) is 4.48. The first-order valence-corrected chi connectivity index (χ1v) is 7.10. The van der Waals surface area contributed by atoms with Gasteiger partial charge in [-0.25, -0.2) is 5.43 Å². The fraction of sp³-hybridized carbons (Fsp3) is 0.429. The minimum absolute atomic E-state index is 0.196. The normalized spacial score (nSPS) is 12.9. The molecule has 1 unspecified atom stereocenters. The van der Waals surface area contributed by atoms with Gasteiger partial charge in [0.15, 0.2) is 0 Å². The molecule has 2 rings (SSSR count). The van der Waals surface area contributed by atoms with Crippen molar-refractivity contribution < 1.29 is 0 Å². The van der Waals surface area contributed by atoms with E-state index in [1.54, 1.807) is 12.4 Å². The van der Waals surface area contributed by atoms with Crippen LogP contribution in [0.15, 0.2) is 24.5 Å². The van der Waals surface area contributed by atoms with Crippen LogP contribution in [0.1, 0.15) is 49.8 Å². The van der Waals surface area contributed by atoms with E-state index < -0.39 is 0 Å². The van der Waals surface area contributed by atoms with Crippen molar-refractivity contribution in [3.8, 4) is 0 Å². The fourth-order valence-corrected chi connectivity index (χ4v) is 2.57. The van der Waals surface area contributed by atoms with Crippen LogP contribution in [0.4, 0.5) is 0 Å². The van der Waals surface area contributed by atoms with Crippen LogP contribution in [0.25, 0.3) is 0 Å². The molecule has 0 radical (unpaired) electrons. The number of pyridine rings is 1. The number of hydrazine groups is 1. The van der Waals surface area contributed by atoms with Crippen LogP contribution in [-0.2, 0) is 6.42 Å². The molecular weight excluding hydrogens is 274 g/mol. The second kappa shape index (κ2) is 6.35. The highest BCUT2D eigenvalue weighted by Crippen LogP contribution is 2.30. The van der Waals surface area contributed by atoms with Crippen molar-refractivity contribution >= 4 is 11.6 Å². The molecule has 2 heterocycles. The van der Waals surface area contributed by atoms with E-state index in [-0.39, 0.29) is 12.1 Å². The lowest BCUT2D eigenvalue weighted by Crippen LogP contribution is -2.32. The van der Waals surface area contributed by atoms with Crippen molar-refractivity contribution in [1.29, 1.82) is 0 Å². The molecule has 0 aliphatic carbocycles. The predicted octanol–water partition coefficient (Wildman–Crippen LogP) is 2.63. The zero-order valence-electron chi connectivity index (χ0n) is 12.0. The second-order valence-corrected chi connectivity index (χ2v) is 5.32. The van der Waals surface area contributed by atoms with E-state index >= 15 is 0 Å². The van der Waals surface area contributed by atoms with E-state index in [4.69, 9.17) is 17.4 Å². The molecule has 3 N–H and O–H groups in total. The van der Waals surface area contributed by atoms with Gasteiger partial charge in [-0.3, -0.25) is 15.5 Å². The van der Waals surface area contributed by atoms with Crippen molar-refractivity contribution in [2.24, 2.45) is 5.84 Å². The molecule has 0 spiro atoms. The van der Waals surface area contributed by atoms with Crippen molar-refractivity contribution in [2.75, 3.05) is 0 Å². The van der Waals surface area contributed by atoms with Gasteiger partial charge in [0, 0.05) is 12.2 Å². The first-order valence-electron chi connectivity index (χ1n) is 6.72. The Morgan fingerprint density at radius 3 is 2.80 bits per heavy atom. The van der Waals surface area contributed by atoms with Gasteiger partial charge in [0.25, 0.3) is 0 Å². The molecular formula is C14H20ClN5. The average molecular weight is 294 g/mol. The summed E-state index contributed by atoms with van der Waals surface area (Å²) in [6.07, 6.45) is 4.30. The van der Waals surface area contributed by atoms with Crippen molar-refractivity contribution in [2.45, 2.75) is 39.3 Å². The summed E-state index contributed by atoms with van der Waals surface area (Å²) < 4.78 is 1.88. The van der Waals surface area contributed by atoms with Crippen LogP contribution in [0.2, 0.25) is 5.02 Å². The Bertz CT molecular complexity index is 579. The summed E-state index contributed by atoms with van der Waals surface area (Å²) in [6.45, 7) is 6.20. The van der Waals surface area contributed by atoms with Gasteiger partial charge in [-0.05, 0) is 31.9 Å². The number of hydrogen-bond acceptors (Lipinski definition) is 4. The van der Waals surface area contributed by atoms with E-state index in [1.165, 1.54) is 0 Å². The van der Waals surface area contributed by atoms with Crippen LogP contribution in [0.3, 0.4) is 0 Å². The van der Waals surface area contributed by atoms with Gasteiger partial charge in [0.2, 0.25) is 0 Å². The number of hydrogen-bond donors (Lipinski definition) is 2. The number of nitrogens with one attached hydrogen (secondary N) is 1. The van der Waals surface area contributed by atoms with E-state index in [2.05, 4.69) is 42.3 Å². The van der Waals surface area contributed by atoms with Gasteiger partial charge in [0.1, 0.15) is 6.04 Å². The maximum Gasteiger partial charge on any atom is 0.107 e. The smallest absolute Gasteiger partial charge is 0.107 e. The van der Waals surface area contributed by atoms with Gasteiger partial charge in [-0.15, -0.1) is 0 Å². The third kappa shape index (κ3) is 2.70. The van der Waals surface area contributed by atoms with Gasteiger partial charge < -0.3 is 0 Å². The van der Waals surface area contributed by atoms with E-state index in [0.29, 0.717) is 5.02 Å². The second-order valence-electron chi connectivity index (χ2n) is 4.92. The largest absolute Gasteiger partial charge is 0.270 e. The Kier molecular flexibility index (Phi) is 4.75. The quantitative estimate of drug-likeness (QED) is 0.657. The van der Waals surface area contributed by atoms with E-state index in [0.717, 1.165) is 23.4 Å². The summed E-state index contributed by atoms with van der Waals surface area (Å²) >= 11 is 6.30. The van der Waals surface area contributed by atoms with Gasteiger partial charge in [-0.2, -0.15) is 5.10 Å². The monoisotopic (exact) mass is 293 g/mol. The topological polar surface area (TPSA) is 68.8 Å². The van der Waals surface area contributed by atoms with Crippen molar-refractivity contribution in [3.63, 3.8) is 0 Å². The molecule has 0 saturated heterocycles. The molecule has 20 heavy (non-hydrogen) atoms. The predicted molar refractivity (Wildman–Crippen MR) is 80.4 cm³/mol. The molecule has 2 aromatic heterocycles. The summed E-state index contributed by atoms with van der Waals surface area (Å²) in [7, 11) is 0. The minimum Gasteiger partial charge on any atom is -0.270 e. The molecule has 0 bridgehead atoms. The summed E-state index contributed by atoms with van der Waals surface area (Å²) in [6, 6.07) is 3.90. The molecule has 0 saturated carbocycles. The summed E-state index contributed by atoms with van der Waals surface area (Å²) in [5, 5.41) is 4.92. The number of rotatable bonds is 5. The van der Waals surface area contributed by atoms with Crippen molar-refractivity contribution in [3.05, 3.63) is 46.5 Å².